The van der Waals surface area contributed by atoms with Gasteiger partial charge in [0.2, 0.25) is 0 Å². The van der Waals surface area contributed by atoms with E-state index in [1.807, 2.05) is 136 Å². The van der Waals surface area contributed by atoms with Gasteiger partial charge in [0.1, 0.15) is 22.4 Å². The summed E-state index contributed by atoms with van der Waals surface area (Å²) in [6.45, 7) is 42.9. The molecule has 4 radical (unpaired) electrons. The Morgan fingerprint density at radius 1 is 0.463 bits per heavy atom. The standard InChI is InChI=1S/C12H17N2O2.C11H16N2O2.C10H18O5.C8H10N3S.C7H9N2.C6H8N2.4C3H7.CH2Br.CH3I.4Y/c1-12(2,3)16-11(15)14-10-7-5-6-9(8-10)13-4;1-11(2,3)15-10(14)13-9-6-4-5-8(12)7-9;1-9(2,3)14-7(11)13-8(12)15-10(4,5)6;1-10-6-3-2-4-7(5-6)11-8(9)12;1-9-7-4-2-3-6(8)5-7;7-5-2-1-3-6(8)4-5;4*1-3-2;2*1-2;;;;/h5-8,13H,4H2,1-3H3,(H,14,15);4-7H,12H2,1-3H3,(H,13,14);1-6H3;2-5,10H,1H2,(H3,9,11,12);2-5,9H,1,8H2;1-4H,7-8H2;4*1,3H2,2H3;1H2;1H3;;;;/q-1;;;2*-1;;5*-1;;;;;/i;;;;;;;;;;;1TD;;;;. The van der Waals surface area contributed by atoms with Gasteiger partial charge in [0.25, 0.3) is 0 Å². The minimum absolute atomic E-state index is 0. The van der Waals surface area contributed by atoms with Crippen molar-refractivity contribution in [2.45, 2.75) is 159 Å². The van der Waals surface area contributed by atoms with E-state index in [1.165, 1.54) is 0 Å². The summed E-state index contributed by atoms with van der Waals surface area (Å²) in [5.41, 5.74) is 32.3. The maximum atomic E-state index is 11.5. The van der Waals surface area contributed by atoms with Crippen LogP contribution in [0.1, 0.15) is 139 Å². The van der Waals surface area contributed by atoms with Crippen molar-refractivity contribution in [1.82, 2.24) is 0 Å². The number of amides is 2. The number of carbonyl (C=O) groups is 4. The number of carbonyl (C=O) groups excluding carboxylic acids is 4. The van der Waals surface area contributed by atoms with Crippen molar-refractivity contribution in [3.8, 4) is 0 Å². The predicted octanol–water partition coefficient (Wildman–Crippen LogP) is 19.7. The number of nitrogen functional groups attached to an aromatic ring is 4. The first-order valence-corrected chi connectivity index (χ1v) is 31.0. The van der Waals surface area contributed by atoms with Gasteiger partial charge < -0.3 is 117 Å². The molecule has 2 amide bonds. The molecular weight excluding hydrogens is 1710 g/mol. The van der Waals surface area contributed by atoms with E-state index in [2.05, 4.69) is 119 Å². The third-order valence-electron chi connectivity index (χ3n) is 7.53. The minimum atomic E-state index is -1.06. The fourth-order valence-electron chi connectivity index (χ4n) is 4.83. The molecule has 0 spiro atoms. The zero-order valence-corrected chi connectivity index (χ0v) is 75.1. The fraction of sp³-hybridized carbons (Fsp3) is 0.368. The van der Waals surface area contributed by atoms with Crippen molar-refractivity contribution in [2.24, 2.45) is 5.73 Å². The van der Waals surface area contributed by atoms with Gasteiger partial charge in [0.15, 0.2) is 5.11 Å². The van der Waals surface area contributed by atoms with Gasteiger partial charge in [-0.2, -0.15) is 25.7 Å². The average Bonchev–Trinajstić information content (AvgIpc) is 1.11. The second-order valence-corrected chi connectivity index (χ2v) is 21.8. The first-order chi connectivity index (χ1) is 43.0. The normalized spacial score (nSPS) is 9.66. The summed E-state index contributed by atoms with van der Waals surface area (Å²) < 4.78 is 36.5. The Morgan fingerprint density at radius 2 is 0.663 bits per heavy atom. The van der Waals surface area contributed by atoms with Crippen molar-refractivity contribution in [2.75, 3.05) is 59.7 Å². The molecule has 27 heteroatoms. The maximum Gasteiger partial charge on any atom is 0.519 e. The second kappa shape index (κ2) is 72.5. The third-order valence-corrected chi connectivity index (χ3v) is 7.63. The zero-order chi connectivity index (χ0) is 74.0. The Hall–Kier alpha value is -2.70. The van der Waals surface area contributed by atoms with Crippen LogP contribution in [-0.4, -0.2) is 56.9 Å². The van der Waals surface area contributed by atoms with Crippen LogP contribution in [0.3, 0.4) is 0 Å². The van der Waals surface area contributed by atoms with Gasteiger partial charge in [-0.1, -0.05) is 80.6 Å². The number of hydrogen-bond donors (Lipinski definition) is 11. The molecule has 5 aromatic rings. The van der Waals surface area contributed by atoms with Crippen molar-refractivity contribution in [3.63, 3.8) is 0 Å². The minimum Gasteiger partial charge on any atom is -0.538 e. The van der Waals surface area contributed by atoms with Gasteiger partial charge in [-0.15, -0.1) is 0 Å². The van der Waals surface area contributed by atoms with Crippen molar-refractivity contribution < 1.29 is 176 Å². The smallest absolute Gasteiger partial charge is 0.519 e. The molecule has 0 aromatic heterocycles. The third kappa shape index (κ3) is 91.3. The molecule has 0 fully saturated rings. The number of nitrogens with two attached hydrogens (primary N) is 5. The molecule has 0 saturated heterocycles. The summed E-state index contributed by atoms with van der Waals surface area (Å²) in [5, 5.41) is 16.6. The summed E-state index contributed by atoms with van der Waals surface area (Å²) in [6, 6.07) is 36.3. The Bertz CT molecular complexity index is 2670. The van der Waals surface area contributed by atoms with E-state index >= 15 is 0 Å². The Kier molecular flexibility index (Phi) is 84.7. The predicted molar refractivity (Wildman–Crippen MR) is 407 cm³/mol. The van der Waals surface area contributed by atoms with E-state index in [-0.39, 0.29) is 136 Å². The van der Waals surface area contributed by atoms with Crippen LogP contribution >= 0.6 is 50.7 Å². The van der Waals surface area contributed by atoms with Gasteiger partial charge in [-0.3, -0.25) is 37.6 Å². The molecule has 5 aromatic carbocycles. The SMILES string of the molecule is CC(C)(C)OC(=O)Nc1cccc(N)c1.CC(C)(C)OC(=O)OC(=O)OC(C)(C)C.Nc1cccc(N)c1.[2H]C([3H])I.[CH2-]Br.[CH2-]CC.[CH2-]CC.[CH2-]CC.[CH2-]CC.[CH2-]Nc1cccc(N)c1.[CH2-]Nc1cccc(NC(=O)OC(C)(C)C)c1.[CH2-]Nc1cccc(NC(N)=S)c1.[Y].[Y].[Y].[Y]. The number of rotatable bonds is 6. The molecule has 0 bridgehead atoms. The molecule has 5 rings (SSSR count). The average molecular weight is 1820 g/mol. The summed E-state index contributed by atoms with van der Waals surface area (Å²) >= 11 is 9.05. The van der Waals surface area contributed by atoms with Crippen LogP contribution in [0.2, 0.25) is 0 Å². The van der Waals surface area contributed by atoms with Crippen LogP contribution in [0.4, 0.5) is 76.1 Å². The van der Waals surface area contributed by atoms with E-state index in [4.69, 9.17) is 50.4 Å². The summed E-state index contributed by atoms with van der Waals surface area (Å²) in [5.74, 6) is 3.06. The Morgan fingerprint density at radius 3 is 0.874 bits per heavy atom. The maximum absolute atomic E-state index is 11.5. The van der Waals surface area contributed by atoms with Crippen LogP contribution in [0.25, 0.3) is 0 Å². The number of ether oxygens (including phenoxy) is 5. The van der Waals surface area contributed by atoms with Crippen LogP contribution in [-0.2, 0) is 155 Å². The molecule has 16 N–H and O–H groups in total. The molecule has 0 aliphatic rings. The summed E-state index contributed by atoms with van der Waals surface area (Å²) in [6.07, 6.45) is 0.940. The van der Waals surface area contributed by atoms with Crippen molar-refractivity contribution in [1.29, 1.82) is 0 Å². The van der Waals surface area contributed by atoms with Gasteiger partial charge >= 0.3 is 24.5 Å². The number of thiocarbonyl (C=S) groups is 1. The van der Waals surface area contributed by atoms with Crippen LogP contribution in [0, 0.1) is 54.7 Å². The van der Waals surface area contributed by atoms with Gasteiger partial charge in [-0.05, 0) is 191 Å². The van der Waals surface area contributed by atoms with Crippen molar-refractivity contribution in [3.05, 3.63) is 176 Å². The molecule has 1 unspecified atom stereocenters. The van der Waals surface area contributed by atoms with Crippen LogP contribution in [0.5, 0.6) is 0 Å². The molecule has 0 saturated carbocycles. The fourth-order valence-corrected chi connectivity index (χ4v) is 4.95. The largest absolute Gasteiger partial charge is 0.538 e. The van der Waals surface area contributed by atoms with Crippen LogP contribution in [0.15, 0.2) is 121 Å². The quantitative estimate of drug-likeness (QED) is 0.0110. The number of anilines is 10. The zero-order valence-electron chi connectivity index (χ0n) is 61.1. The molecular formula is C68H111BrIN11O9SY4-8. The van der Waals surface area contributed by atoms with E-state index in [0.29, 0.717) is 28.4 Å². The van der Waals surface area contributed by atoms with Crippen LogP contribution < -0.4 is 60.6 Å². The number of benzene rings is 5. The van der Waals surface area contributed by atoms with Gasteiger partial charge in [0, 0.05) is 190 Å². The first kappa shape index (κ1) is 111. The Balaban J connectivity index is -0.0000000967. The molecule has 532 valence electrons. The summed E-state index contributed by atoms with van der Waals surface area (Å²) in [4.78, 5) is 44.1. The first-order valence-electron chi connectivity index (χ1n) is 29.4. The molecule has 0 aliphatic heterocycles. The van der Waals surface area contributed by atoms with Gasteiger partial charge in [0.05, 0.1) is 0 Å². The second-order valence-electron chi connectivity index (χ2n) is 21.4. The molecule has 0 heterocycles. The number of hydrogen-bond acceptors (Lipinski definition) is 17. The van der Waals surface area contributed by atoms with E-state index in [9.17, 15) is 19.2 Å². The molecule has 20 nitrogen and oxygen atoms in total. The molecule has 0 aliphatic carbocycles. The van der Waals surface area contributed by atoms with E-state index in [1.54, 1.807) is 119 Å². The number of halogens is 2. The monoisotopic (exact) mass is 1820 g/mol. The molecule has 95 heavy (non-hydrogen) atoms. The van der Waals surface area contributed by atoms with Crippen molar-refractivity contribution >= 4 is 137 Å². The summed E-state index contributed by atoms with van der Waals surface area (Å²) in [7, 11) is 10.6. The molecule has 1 atom stereocenters. The van der Waals surface area contributed by atoms with E-state index in [0.717, 1.165) is 54.1 Å². The number of alkyl halides is 1. The van der Waals surface area contributed by atoms with E-state index < -0.39 is 51.8 Å². The Labute approximate surface area is 705 Å². The topological polar surface area (TPSA) is 317 Å². The van der Waals surface area contributed by atoms with Gasteiger partial charge in [-0.25, -0.2) is 19.2 Å². The number of nitrogens with one attached hydrogen (secondary N) is 6.